The maximum absolute atomic E-state index is 15.5. The molecular formula is C31H41F3N4O4. The molecule has 11 heteroatoms. The zero-order valence-corrected chi connectivity index (χ0v) is 25.6. The lowest BCUT2D eigenvalue weighted by atomic mass is 9.91. The second-order valence-corrected chi connectivity index (χ2v) is 11.7. The quantitative estimate of drug-likeness (QED) is 0.285. The highest BCUT2D eigenvalue weighted by Gasteiger charge is 2.49. The van der Waals surface area contributed by atoms with Crippen molar-refractivity contribution in [2.24, 2.45) is 0 Å². The van der Waals surface area contributed by atoms with Gasteiger partial charge in [-0.3, -0.25) is 4.90 Å². The van der Waals surface area contributed by atoms with Crippen LogP contribution in [0.4, 0.5) is 19.0 Å². The Morgan fingerprint density at radius 2 is 1.88 bits per heavy atom. The Morgan fingerprint density at radius 1 is 1.17 bits per heavy atom. The number of ether oxygens (including phenoxy) is 3. The number of aryl methyl sites for hydroxylation is 2. The lowest BCUT2D eigenvalue weighted by molar-refractivity contribution is -0.170. The van der Waals surface area contributed by atoms with Gasteiger partial charge in [0, 0.05) is 23.6 Å². The first kappa shape index (κ1) is 31.8. The van der Waals surface area contributed by atoms with Crippen molar-refractivity contribution >= 4 is 16.7 Å². The number of aliphatic hydroxyl groups is 1. The van der Waals surface area contributed by atoms with Gasteiger partial charge in [0.1, 0.15) is 29.7 Å². The molecule has 8 nitrogen and oxygen atoms in total. The van der Waals surface area contributed by atoms with Gasteiger partial charge in [-0.05, 0) is 73.2 Å². The lowest BCUT2D eigenvalue weighted by Crippen LogP contribution is -2.50. The number of nitrogens with one attached hydrogen (secondary N) is 1. The highest BCUT2D eigenvalue weighted by Crippen LogP contribution is 2.43. The number of methoxy groups -OCH3 is 2. The van der Waals surface area contributed by atoms with Crippen molar-refractivity contribution in [2.75, 3.05) is 46.3 Å². The van der Waals surface area contributed by atoms with Crippen LogP contribution < -0.4 is 14.8 Å². The first-order chi connectivity index (χ1) is 19.7. The molecule has 0 aliphatic carbocycles. The van der Waals surface area contributed by atoms with E-state index in [0.29, 0.717) is 47.3 Å². The van der Waals surface area contributed by atoms with Crippen LogP contribution in [0.5, 0.6) is 11.5 Å². The van der Waals surface area contributed by atoms with Gasteiger partial charge in [0.2, 0.25) is 0 Å². The molecule has 1 aromatic heterocycles. The van der Waals surface area contributed by atoms with Crippen molar-refractivity contribution in [1.29, 1.82) is 0 Å². The smallest absolute Gasteiger partial charge is 0.303 e. The first-order valence-corrected chi connectivity index (χ1v) is 14.0. The fraction of sp³-hybridized carbons (Fsp3) is 0.548. The Kier molecular flexibility index (Phi) is 8.97. The molecule has 1 aliphatic heterocycles. The van der Waals surface area contributed by atoms with E-state index in [4.69, 9.17) is 14.2 Å². The number of aromatic nitrogens is 2. The number of rotatable bonds is 11. The molecule has 2 N–H and O–H groups in total. The summed E-state index contributed by atoms with van der Waals surface area (Å²) >= 11 is 0. The van der Waals surface area contributed by atoms with Crippen molar-refractivity contribution in [3.63, 3.8) is 0 Å². The van der Waals surface area contributed by atoms with Crippen LogP contribution in [0.2, 0.25) is 0 Å². The Labute approximate surface area is 245 Å². The van der Waals surface area contributed by atoms with Gasteiger partial charge < -0.3 is 24.6 Å². The molecule has 0 unspecified atom stereocenters. The Bertz CT molecular complexity index is 1450. The van der Waals surface area contributed by atoms with Gasteiger partial charge in [-0.1, -0.05) is 12.1 Å². The number of likely N-dealkylation sites (N-methyl/N-ethyl adjacent to an activating group) is 1. The molecule has 0 amide bonds. The third-order valence-electron chi connectivity index (χ3n) is 8.27. The van der Waals surface area contributed by atoms with Crippen LogP contribution in [-0.2, 0) is 10.7 Å². The predicted molar refractivity (Wildman–Crippen MR) is 156 cm³/mol. The summed E-state index contributed by atoms with van der Waals surface area (Å²) in [5, 5.41) is 13.8. The molecular weight excluding hydrogens is 549 g/mol. The fourth-order valence-electron chi connectivity index (χ4n) is 5.66. The van der Waals surface area contributed by atoms with Crippen molar-refractivity contribution < 1.29 is 32.5 Å². The van der Waals surface area contributed by atoms with Crippen molar-refractivity contribution in [2.45, 2.75) is 70.6 Å². The highest BCUT2D eigenvalue weighted by atomic mass is 19.3. The Balaban J connectivity index is 1.74. The van der Waals surface area contributed by atoms with Crippen LogP contribution in [0.3, 0.4) is 0 Å². The van der Waals surface area contributed by atoms with Gasteiger partial charge >= 0.3 is 5.92 Å². The van der Waals surface area contributed by atoms with Gasteiger partial charge in [0.25, 0.3) is 0 Å². The Morgan fingerprint density at radius 3 is 2.48 bits per heavy atom. The summed E-state index contributed by atoms with van der Waals surface area (Å²) in [6.45, 7) is 9.01. The average molecular weight is 591 g/mol. The summed E-state index contributed by atoms with van der Waals surface area (Å²) < 4.78 is 63.1. The van der Waals surface area contributed by atoms with Gasteiger partial charge in [-0.2, -0.15) is 8.78 Å². The standard InChI is InChI=1S/C31H41F3N4O4/c1-18-26-22(15-24(27(18)41-8)42-17-30(16-40-7)13-10-14-38(30)6)28(37-20(3)36-26)35-19(2)21-11-9-12-23(25(21)32)31(33,34)29(4,5)39/h9,11-12,15,19,39H,10,13-14,16-17H2,1-8H3,(H,35,36,37)/t19-,30-/m1/s1. The van der Waals surface area contributed by atoms with Crippen molar-refractivity contribution in [1.82, 2.24) is 14.9 Å². The molecule has 1 aliphatic rings. The number of fused-ring (bicyclic) bond motifs is 1. The van der Waals surface area contributed by atoms with E-state index in [9.17, 15) is 13.9 Å². The number of likely N-dealkylation sites (tertiary alicyclic amines) is 1. The third-order valence-corrected chi connectivity index (χ3v) is 8.27. The molecule has 4 rings (SSSR count). The predicted octanol–water partition coefficient (Wildman–Crippen LogP) is 5.92. The maximum Gasteiger partial charge on any atom is 0.303 e. The number of hydrogen-bond acceptors (Lipinski definition) is 8. The summed E-state index contributed by atoms with van der Waals surface area (Å²) in [5.74, 6) is -3.00. The van der Waals surface area contributed by atoms with E-state index in [0.717, 1.165) is 44.9 Å². The van der Waals surface area contributed by atoms with Crippen molar-refractivity contribution in [3.8, 4) is 11.5 Å². The lowest BCUT2D eigenvalue weighted by Gasteiger charge is -2.35. The first-order valence-electron chi connectivity index (χ1n) is 14.0. The zero-order chi connectivity index (χ0) is 31.0. The van der Waals surface area contributed by atoms with Crippen LogP contribution >= 0.6 is 0 Å². The van der Waals surface area contributed by atoms with Gasteiger partial charge in [-0.15, -0.1) is 0 Å². The molecule has 0 saturated carbocycles. The zero-order valence-electron chi connectivity index (χ0n) is 25.6. The molecule has 42 heavy (non-hydrogen) atoms. The van der Waals surface area contributed by atoms with Gasteiger partial charge in [-0.25, -0.2) is 14.4 Å². The molecule has 2 aromatic carbocycles. The van der Waals surface area contributed by atoms with E-state index < -0.39 is 28.9 Å². The normalized spacial score (nSPS) is 18.9. The van der Waals surface area contributed by atoms with E-state index in [2.05, 4.69) is 27.2 Å². The van der Waals surface area contributed by atoms with Crippen LogP contribution in [0.15, 0.2) is 24.3 Å². The van der Waals surface area contributed by atoms with Crippen LogP contribution in [0, 0.1) is 19.7 Å². The molecule has 0 radical (unpaired) electrons. The average Bonchev–Trinajstić information content (AvgIpc) is 3.27. The summed E-state index contributed by atoms with van der Waals surface area (Å²) in [5.41, 5.74) is -2.24. The fourth-order valence-corrected chi connectivity index (χ4v) is 5.66. The minimum absolute atomic E-state index is 0.00771. The molecule has 230 valence electrons. The molecule has 3 aromatic rings. The van der Waals surface area contributed by atoms with Crippen LogP contribution in [-0.4, -0.2) is 72.1 Å². The number of benzene rings is 2. The second-order valence-electron chi connectivity index (χ2n) is 11.7. The van der Waals surface area contributed by atoms with E-state index in [1.54, 1.807) is 34.1 Å². The summed E-state index contributed by atoms with van der Waals surface area (Å²) in [7, 11) is 5.31. The van der Waals surface area contributed by atoms with E-state index >= 15 is 4.39 Å². The summed E-state index contributed by atoms with van der Waals surface area (Å²) in [4.78, 5) is 11.5. The van der Waals surface area contributed by atoms with Gasteiger partial charge in [0.05, 0.1) is 36.4 Å². The molecule has 0 spiro atoms. The minimum atomic E-state index is -3.81. The van der Waals surface area contributed by atoms with Crippen LogP contribution in [0.25, 0.3) is 10.9 Å². The summed E-state index contributed by atoms with van der Waals surface area (Å²) in [6, 6.07) is 4.81. The monoisotopic (exact) mass is 590 g/mol. The number of halogens is 3. The van der Waals surface area contributed by atoms with Crippen LogP contribution in [0.1, 0.15) is 62.2 Å². The van der Waals surface area contributed by atoms with Gasteiger partial charge in [0.15, 0.2) is 11.5 Å². The highest BCUT2D eigenvalue weighted by molar-refractivity contribution is 5.94. The number of hydrogen-bond donors (Lipinski definition) is 2. The SMILES string of the molecule is COC[C@@]1(COc2cc3c(N[C@H](C)c4cccc(C(F)(F)C(C)(C)O)c4F)nc(C)nc3c(C)c2OC)CCCN1C. The number of nitrogens with zero attached hydrogens (tertiary/aromatic N) is 3. The van der Waals surface area contributed by atoms with E-state index in [-0.39, 0.29) is 11.1 Å². The largest absolute Gasteiger partial charge is 0.493 e. The minimum Gasteiger partial charge on any atom is -0.493 e. The molecule has 1 fully saturated rings. The maximum atomic E-state index is 15.5. The number of anilines is 1. The molecule has 2 atom stereocenters. The summed E-state index contributed by atoms with van der Waals surface area (Å²) in [6.07, 6.45) is 1.96. The third kappa shape index (κ3) is 5.74. The second kappa shape index (κ2) is 11.9. The molecule has 1 saturated heterocycles. The molecule has 2 heterocycles. The topological polar surface area (TPSA) is 89.0 Å². The van der Waals surface area contributed by atoms with E-state index in [1.807, 2.05) is 6.92 Å². The van der Waals surface area contributed by atoms with Crippen molar-refractivity contribution in [3.05, 3.63) is 52.6 Å². The number of alkyl halides is 2. The Hall–Kier alpha value is -3.15. The molecule has 0 bridgehead atoms. The van der Waals surface area contributed by atoms with E-state index in [1.165, 1.54) is 12.1 Å².